The maximum absolute atomic E-state index is 12.6. The molecule has 0 bridgehead atoms. The summed E-state index contributed by atoms with van der Waals surface area (Å²) in [5, 5.41) is 7.59. The fraction of sp³-hybridized carbons (Fsp3) is 0.333. The van der Waals surface area contributed by atoms with Crippen molar-refractivity contribution in [3.63, 3.8) is 0 Å². The number of amides is 1. The topological polar surface area (TPSA) is 87.3 Å². The van der Waals surface area contributed by atoms with Gasteiger partial charge in [0.2, 0.25) is 5.91 Å². The predicted octanol–water partition coefficient (Wildman–Crippen LogP) is 3.06. The largest absolute Gasteiger partial charge is 0.365 e. The van der Waals surface area contributed by atoms with E-state index in [4.69, 9.17) is 12.2 Å². The van der Waals surface area contributed by atoms with Crippen molar-refractivity contribution in [3.8, 4) is 0 Å². The minimum Gasteiger partial charge on any atom is -0.365 e. The molecular weight excluding hydrogens is 434 g/mol. The summed E-state index contributed by atoms with van der Waals surface area (Å²) < 4.78 is 27.6. The Morgan fingerprint density at radius 3 is 2.64 bits per heavy atom. The number of nitrogens with one attached hydrogen (secondary N) is 3. The van der Waals surface area contributed by atoms with E-state index in [-0.39, 0.29) is 28.4 Å². The molecule has 1 unspecified atom stereocenters. The highest BCUT2D eigenvalue weighted by atomic mass is 32.2. The van der Waals surface area contributed by atoms with Gasteiger partial charge in [0.15, 0.2) is 5.11 Å². The fourth-order valence-corrected chi connectivity index (χ4v) is 5.89. The predicted molar refractivity (Wildman–Crippen MR) is 119 cm³/mol. The second-order valence-corrected chi connectivity index (χ2v) is 9.78. The van der Waals surface area contributed by atoms with Crippen LogP contribution in [0.2, 0.25) is 0 Å². The Balaban J connectivity index is 2.20. The lowest BCUT2D eigenvalue weighted by Gasteiger charge is -2.16. The number of carbonyl (C=O) groups is 1. The van der Waals surface area contributed by atoms with Gasteiger partial charge in [0.05, 0.1) is 12.5 Å². The van der Waals surface area contributed by atoms with Gasteiger partial charge in [-0.15, -0.1) is 23.1 Å². The van der Waals surface area contributed by atoms with Crippen molar-refractivity contribution in [2.75, 3.05) is 13.3 Å². The molecule has 28 heavy (non-hydrogen) atoms. The summed E-state index contributed by atoms with van der Waals surface area (Å²) in [6.45, 7) is 2.01. The monoisotopic (exact) mass is 457 g/mol. The third-order valence-corrected chi connectivity index (χ3v) is 7.70. The molecule has 1 amide bonds. The molecule has 6 nitrogen and oxygen atoms in total. The van der Waals surface area contributed by atoms with E-state index < -0.39 is 10.0 Å². The number of thioether (sulfide) groups is 1. The van der Waals surface area contributed by atoms with Gasteiger partial charge < -0.3 is 10.6 Å². The molecule has 2 aromatic rings. The van der Waals surface area contributed by atoms with E-state index in [0.717, 1.165) is 11.3 Å². The molecule has 3 N–H and O–H groups in total. The summed E-state index contributed by atoms with van der Waals surface area (Å²) in [4.78, 5) is 14.3. The zero-order valence-electron chi connectivity index (χ0n) is 15.8. The van der Waals surface area contributed by atoms with E-state index in [0.29, 0.717) is 10.5 Å². The third-order valence-electron chi connectivity index (χ3n) is 3.97. The van der Waals surface area contributed by atoms with Crippen molar-refractivity contribution < 1.29 is 13.2 Å². The number of carbonyl (C=O) groups excluding carboxylic acids is 1. The molecule has 2 rings (SSSR count). The lowest BCUT2D eigenvalue weighted by Crippen LogP contribution is -2.37. The molecule has 0 fully saturated rings. The number of sulfonamides is 1. The molecule has 0 spiro atoms. The van der Waals surface area contributed by atoms with Crippen molar-refractivity contribution in [1.82, 2.24) is 15.4 Å². The van der Waals surface area contributed by atoms with Gasteiger partial charge in [0, 0.05) is 16.8 Å². The molecule has 152 valence electrons. The number of benzene rings is 1. The summed E-state index contributed by atoms with van der Waals surface area (Å²) in [6, 6.07) is 8.91. The molecule has 0 aliphatic heterocycles. The third kappa shape index (κ3) is 5.94. The van der Waals surface area contributed by atoms with E-state index in [1.165, 1.54) is 17.8 Å². The Labute approximate surface area is 179 Å². The Bertz CT molecular complexity index is 928. The fourth-order valence-electron chi connectivity index (χ4n) is 2.56. The minimum absolute atomic E-state index is 0.0111. The Hall–Kier alpha value is -1.62. The summed E-state index contributed by atoms with van der Waals surface area (Å²) in [6.07, 6.45) is 2.67. The average molecular weight is 458 g/mol. The summed E-state index contributed by atoms with van der Waals surface area (Å²) in [5.74, 6) is -0.154. The van der Waals surface area contributed by atoms with Crippen LogP contribution in [0.5, 0.6) is 0 Å². The quantitative estimate of drug-likeness (QED) is 0.417. The van der Waals surface area contributed by atoms with Gasteiger partial charge in [-0.1, -0.05) is 19.1 Å². The SMILES string of the molecule is CCC(NC(=O)Cc1ccc(SC)c(S(=O)(=O)NC(=S)NC)c1)c1cccs1. The Morgan fingerprint density at radius 1 is 1.32 bits per heavy atom. The van der Waals surface area contributed by atoms with E-state index in [9.17, 15) is 13.2 Å². The van der Waals surface area contributed by atoms with Crippen molar-refractivity contribution in [3.05, 3.63) is 46.2 Å². The van der Waals surface area contributed by atoms with Gasteiger partial charge in [0.1, 0.15) is 4.90 Å². The maximum Gasteiger partial charge on any atom is 0.264 e. The van der Waals surface area contributed by atoms with Gasteiger partial charge in [0.25, 0.3) is 10.0 Å². The molecule has 0 saturated carbocycles. The van der Waals surface area contributed by atoms with Crippen molar-refractivity contribution in [2.45, 2.75) is 35.6 Å². The average Bonchev–Trinajstić information content (AvgIpc) is 3.20. The number of hydrogen-bond acceptors (Lipinski definition) is 6. The first-order valence-corrected chi connectivity index (χ1v) is 12.5. The van der Waals surface area contributed by atoms with Gasteiger partial charge in [-0.3, -0.25) is 9.52 Å². The molecule has 1 aromatic heterocycles. The minimum atomic E-state index is -3.84. The lowest BCUT2D eigenvalue weighted by atomic mass is 10.1. The molecule has 1 aromatic carbocycles. The molecular formula is C18H23N3O3S4. The maximum atomic E-state index is 12.6. The van der Waals surface area contributed by atoms with Crippen LogP contribution in [-0.4, -0.2) is 32.7 Å². The van der Waals surface area contributed by atoms with Crippen molar-refractivity contribution >= 4 is 56.4 Å². The number of thiocarbonyl (C=S) groups is 1. The summed E-state index contributed by atoms with van der Waals surface area (Å²) in [5.41, 5.74) is 0.618. The highest BCUT2D eigenvalue weighted by molar-refractivity contribution is 7.99. The highest BCUT2D eigenvalue weighted by Gasteiger charge is 2.21. The van der Waals surface area contributed by atoms with Crippen LogP contribution in [-0.2, 0) is 21.2 Å². The molecule has 1 heterocycles. The standard InChI is InChI=1S/C18H23N3O3S4/c1-4-13(14-6-5-9-27-14)20-17(22)11-12-7-8-15(26-3)16(10-12)28(23,24)21-18(25)19-2/h5-10,13H,4,11H2,1-3H3,(H,20,22)(H2,19,21,25). The summed E-state index contributed by atoms with van der Waals surface area (Å²) >= 11 is 7.83. The van der Waals surface area contributed by atoms with Gasteiger partial charge >= 0.3 is 0 Å². The Morgan fingerprint density at radius 2 is 2.07 bits per heavy atom. The van der Waals surface area contributed by atoms with Crippen LogP contribution in [0.4, 0.5) is 0 Å². The Kier molecular flexibility index (Phi) is 8.29. The van der Waals surface area contributed by atoms with Crippen LogP contribution in [0.3, 0.4) is 0 Å². The number of rotatable bonds is 8. The molecule has 10 heteroatoms. The van der Waals surface area contributed by atoms with E-state index >= 15 is 0 Å². The van der Waals surface area contributed by atoms with E-state index in [2.05, 4.69) is 15.4 Å². The normalized spacial score (nSPS) is 12.2. The molecule has 0 aliphatic carbocycles. The van der Waals surface area contributed by atoms with Crippen LogP contribution in [0.1, 0.15) is 29.8 Å². The zero-order valence-corrected chi connectivity index (χ0v) is 19.1. The number of thiophene rings is 1. The van der Waals surface area contributed by atoms with Crippen LogP contribution >= 0.6 is 35.3 Å². The van der Waals surface area contributed by atoms with Gasteiger partial charge in [-0.25, -0.2) is 8.42 Å². The first-order valence-electron chi connectivity index (χ1n) is 8.55. The molecule has 0 saturated heterocycles. The summed E-state index contributed by atoms with van der Waals surface area (Å²) in [7, 11) is -2.30. The van der Waals surface area contributed by atoms with Gasteiger partial charge in [-0.2, -0.15) is 0 Å². The van der Waals surface area contributed by atoms with Crippen LogP contribution < -0.4 is 15.4 Å². The second kappa shape index (κ2) is 10.2. The van der Waals surface area contributed by atoms with E-state index in [1.54, 1.807) is 36.8 Å². The molecule has 0 aliphatic rings. The first kappa shape index (κ1) is 22.7. The van der Waals surface area contributed by atoms with Crippen molar-refractivity contribution in [1.29, 1.82) is 0 Å². The van der Waals surface area contributed by atoms with Crippen molar-refractivity contribution in [2.24, 2.45) is 0 Å². The first-order chi connectivity index (χ1) is 13.3. The second-order valence-electron chi connectivity index (χ2n) is 5.89. The van der Waals surface area contributed by atoms with Gasteiger partial charge in [-0.05, 0) is 54.0 Å². The number of hydrogen-bond donors (Lipinski definition) is 3. The highest BCUT2D eigenvalue weighted by Crippen LogP contribution is 2.26. The van der Waals surface area contributed by atoms with Crippen LogP contribution in [0.25, 0.3) is 0 Å². The lowest BCUT2D eigenvalue weighted by molar-refractivity contribution is -0.121. The smallest absolute Gasteiger partial charge is 0.264 e. The molecule has 0 radical (unpaired) electrons. The molecule has 1 atom stereocenters. The van der Waals surface area contributed by atoms with Crippen LogP contribution in [0, 0.1) is 0 Å². The van der Waals surface area contributed by atoms with Crippen LogP contribution in [0.15, 0.2) is 45.5 Å². The zero-order chi connectivity index (χ0) is 20.7. The van der Waals surface area contributed by atoms with E-state index in [1.807, 2.05) is 24.4 Å².